The molecular formula is C8H16F3NO2S. The molecule has 0 aromatic rings. The van der Waals surface area contributed by atoms with Gasteiger partial charge in [0, 0.05) is 0 Å². The SMILES string of the molecule is CCS(=O)(=O)NC(C(C)(C)C)C(F)(F)F. The zero-order valence-electron chi connectivity index (χ0n) is 9.14. The van der Waals surface area contributed by atoms with Gasteiger partial charge in [0.05, 0.1) is 5.75 Å². The molecule has 0 fully saturated rings. The number of rotatable bonds is 3. The van der Waals surface area contributed by atoms with Crippen molar-refractivity contribution in [3.8, 4) is 0 Å². The smallest absolute Gasteiger partial charge is 0.212 e. The van der Waals surface area contributed by atoms with E-state index in [0.29, 0.717) is 0 Å². The fourth-order valence-corrected chi connectivity index (χ4v) is 2.01. The van der Waals surface area contributed by atoms with Crippen LogP contribution in [0.25, 0.3) is 0 Å². The molecule has 0 rings (SSSR count). The normalized spacial score (nSPS) is 16.5. The molecule has 0 saturated heterocycles. The van der Waals surface area contributed by atoms with Crippen molar-refractivity contribution < 1.29 is 21.6 Å². The van der Waals surface area contributed by atoms with Gasteiger partial charge in [-0.2, -0.15) is 13.2 Å². The van der Waals surface area contributed by atoms with Gasteiger partial charge in [0.1, 0.15) is 6.04 Å². The first-order valence-electron chi connectivity index (χ1n) is 4.47. The van der Waals surface area contributed by atoms with Crippen LogP contribution >= 0.6 is 0 Å². The number of halogens is 3. The maximum Gasteiger partial charge on any atom is 0.405 e. The topological polar surface area (TPSA) is 46.2 Å². The van der Waals surface area contributed by atoms with E-state index < -0.39 is 27.7 Å². The second-order valence-electron chi connectivity index (χ2n) is 4.36. The Labute approximate surface area is 88.1 Å². The largest absolute Gasteiger partial charge is 0.405 e. The minimum Gasteiger partial charge on any atom is -0.212 e. The fraction of sp³-hybridized carbons (Fsp3) is 1.00. The van der Waals surface area contributed by atoms with Gasteiger partial charge in [-0.1, -0.05) is 20.8 Å². The van der Waals surface area contributed by atoms with Gasteiger partial charge in [0.2, 0.25) is 10.0 Å². The van der Waals surface area contributed by atoms with Gasteiger partial charge >= 0.3 is 6.18 Å². The number of nitrogens with one attached hydrogen (secondary N) is 1. The summed E-state index contributed by atoms with van der Waals surface area (Å²) in [6.45, 7) is 5.30. The predicted octanol–water partition coefficient (Wildman–Crippen LogP) is 1.90. The highest BCUT2D eigenvalue weighted by Gasteiger charge is 2.48. The van der Waals surface area contributed by atoms with Crippen LogP contribution in [0.3, 0.4) is 0 Å². The van der Waals surface area contributed by atoms with Gasteiger partial charge in [-0.25, -0.2) is 13.1 Å². The summed E-state index contributed by atoms with van der Waals surface area (Å²) in [6, 6.07) is -2.06. The van der Waals surface area contributed by atoms with E-state index in [1.807, 2.05) is 0 Å². The third kappa shape index (κ3) is 4.83. The molecular weight excluding hydrogens is 231 g/mol. The number of alkyl halides is 3. The summed E-state index contributed by atoms with van der Waals surface area (Å²) < 4.78 is 61.5. The van der Waals surface area contributed by atoms with E-state index >= 15 is 0 Å². The van der Waals surface area contributed by atoms with Crippen LogP contribution in [0.1, 0.15) is 27.7 Å². The van der Waals surface area contributed by atoms with Gasteiger partial charge < -0.3 is 0 Å². The van der Waals surface area contributed by atoms with E-state index in [4.69, 9.17) is 0 Å². The Morgan fingerprint density at radius 3 is 1.80 bits per heavy atom. The number of hydrogen-bond acceptors (Lipinski definition) is 2. The number of sulfonamides is 1. The standard InChI is InChI=1S/C8H16F3NO2S/c1-5-15(13,14)12-6(7(2,3)4)8(9,10)11/h6,12H,5H2,1-4H3. The maximum absolute atomic E-state index is 12.6. The maximum atomic E-state index is 12.6. The van der Waals surface area contributed by atoms with Crippen molar-refractivity contribution in [1.29, 1.82) is 0 Å². The molecule has 0 radical (unpaired) electrons. The average Bonchev–Trinajstić information content (AvgIpc) is 1.96. The van der Waals surface area contributed by atoms with Crippen molar-refractivity contribution in [3.63, 3.8) is 0 Å². The average molecular weight is 247 g/mol. The van der Waals surface area contributed by atoms with Crippen molar-refractivity contribution >= 4 is 10.0 Å². The van der Waals surface area contributed by atoms with E-state index in [-0.39, 0.29) is 5.75 Å². The van der Waals surface area contributed by atoms with Crippen molar-refractivity contribution in [1.82, 2.24) is 4.72 Å². The molecule has 0 aliphatic rings. The first kappa shape index (κ1) is 14.7. The van der Waals surface area contributed by atoms with Gasteiger partial charge in [0.15, 0.2) is 0 Å². The molecule has 1 unspecified atom stereocenters. The van der Waals surface area contributed by atoms with Crippen LogP contribution in [0.2, 0.25) is 0 Å². The number of hydrogen-bond donors (Lipinski definition) is 1. The lowest BCUT2D eigenvalue weighted by molar-refractivity contribution is -0.172. The van der Waals surface area contributed by atoms with Gasteiger partial charge in [-0.15, -0.1) is 0 Å². The van der Waals surface area contributed by atoms with Crippen LogP contribution in [0.4, 0.5) is 13.2 Å². The van der Waals surface area contributed by atoms with Gasteiger partial charge in [0.25, 0.3) is 0 Å². The highest BCUT2D eigenvalue weighted by atomic mass is 32.2. The summed E-state index contributed by atoms with van der Waals surface area (Å²) in [7, 11) is -3.86. The molecule has 0 spiro atoms. The molecule has 15 heavy (non-hydrogen) atoms. The summed E-state index contributed by atoms with van der Waals surface area (Å²) in [4.78, 5) is 0. The molecule has 1 atom stereocenters. The lowest BCUT2D eigenvalue weighted by Crippen LogP contribution is -2.53. The molecule has 0 saturated carbocycles. The third-order valence-corrected chi connectivity index (χ3v) is 3.23. The van der Waals surface area contributed by atoms with Crippen LogP contribution in [0.5, 0.6) is 0 Å². The second kappa shape index (κ2) is 4.29. The minimum absolute atomic E-state index is 0.365. The Morgan fingerprint density at radius 1 is 1.20 bits per heavy atom. The Bertz CT molecular complexity index is 289. The Kier molecular flexibility index (Phi) is 4.20. The van der Waals surface area contributed by atoms with Gasteiger partial charge in [-0.05, 0) is 12.3 Å². The Balaban J connectivity index is 5.02. The quantitative estimate of drug-likeness (QED) is 0.828. The summed E-state index contributed by atoms with van der Waals surface area (Å²) in [5, 5.41) is 0. The molecule has 0 heterocycles. The van der Waals surface area contributed by atoms with Crippen LogP contribution in [0.15, 0.2) is 0 Å². The first-order chi connectivity index (χ1) is 6.40. The van der Waals surface area contributed by atoms with E-state index in [0.717, 1.165) is 0 Å². The van der Waals surface area contributed by atoms with Crippen LogP contribution in [-0.4, -0.2) is 26.4 Å². The summed E-state index contributed by atoms with van der Waals surface area (Å²) in [6.07, 6.45) is -4.58. The molecule has 0 aliphatic carbocycles. The summed E-state index contributed by atoms with van der Waals surface area (Å²) in [5.41, 5.74) is -1.21. The highest BCUT2D eigenvalue weighted by molar-refractivity contribution is 7.89. The Hall–Kier alpha value is -0.300. The summed E-state index contributed by atoms with van der Waals surface area (Å²) in [5.74, 6) is -0.365. The molecule has 0 aliphatic heterocycles. The van der Waals surface area contributed by atoms with E-state index in [1.165, 1.54) is 27.7 Å². The Morgan fingerprint density at radius 2 is 1.60 bits per heavy atom. The zero-order chi connectivity index (χ0) is 12.5. The molecule has 3 nitrogen and oxygen atoms in total. The lowest BCUT2D eigenvalue weighted by Gasteiger charge is -2.32. The fourth-order valence-electron chi connectivity index (χ4n) is 0.997. The molecule has 0 aromatic carbocycles. The molecule has 1 N–H and O–H groups in total. The summed E-state index contributed by atoms with van der Waals surface area (Å²) >= 11 is 0. The van der Waals surface area contributed by atoms with E-state index in [9.17, 15) is 21.6 Å². The van der Waals surface area contributed by atoms with Crippen molar-refractivity contribution in [2.45, 2.75) is 39.9 Å². The highest BCUT2D eigenvalue weighted by Crippen LogP contribution is 2.33. The first-order valence-corrected chi connectivity index (χ1v) is 6.12. The van der Waals surface area contributed by atoms with Crippen LogP contribution in [0, 0.1) is 5.41 Å². The lowest BCUT2D eigenvalue weighted by atomic mass is 9.87. The monoisotopic (exact) mass is 247 g/mol. The zero-order valence-corrected chi connectivity index (χ0v) is 9.96. The molecule has 92 valence electrons. The molecule has 0 bridgehead atoms. The molecule has 0 amide bonds. The van der Waals surface area contributed by atoms with Crippen molar-refractivity contribution in [2.24, 2.45) is 5.41 Å². The van der Waals surface area contributed by atoms with Crippen LogP contribution < -0.4 is 4.72 Å². The third-order valence-electron chi connectivity index (χ3n) is 1.87. The van der Waals surface area contributed by atoms with Gasteiger partial charge in [-0.3, -0.25) is 0 Å². The van der Waals surface area contributed by atoms with Crippen molar-refractivity contribution in [2.75, 3.05) is 5.75 Å². The van der Waals surface area contributed by atoms with E-state index in [1.54, 1.807) is 4.72 Å². The minimum atomic E-state index is -4.58. The van der Waals surface area contributed by atoms with Crippen molar-refractivity contribution in [3.05, 3.63) is 0 Å². The molecule has 7 heteroatoms. The molecule has 0 aromatic heterocycles. The van der Waals surface area contributed by atoms with Crippen LogP contribution in [-0.2, 0) is 10.0 Å². The second-order valence-corrected chi connectivity index (χ2v) is 6.40. The predicted molar refractivity (Wildman–Crippen MR) is 51.9 cm³/mol. The van der Waals surface area contributed by atoms with E-state index in [2.05, 4.69) is 0 Å².